The van der Waals surface area contributed by atoms with Crippen LogP contribution in [0.2, 0.25) is 0 Å². The fourth-order valence-electron chi connectivity index (χ4n) is 1.77. The number of imide groups is 1. The van der Waals surface area contributed by atoms with E-state index in [1.54, 1.807) is 13.8 Å². The fraction of sp³-hybridized carbons (Fsp3) is 0.750. The third kappa shape index (κ3) is 3.45. The topological polar surface area (TPSA) is 78.5 Å². The second-order valence-corrected chi connectivity index (χ2v) is 4.97. The van der Waals surface area contributed by atoms with Gasteiger partial charge in [-0.05, 0) is 26.7 Å². The highest BCUT2D eigenvalue weighted by Crippen LogP contribution is 2.16. The summed E-state index contributed by atoms with van der Waals surface area (Å²) in [6.07, 6.45) is 1.72. The Morgan fingerprint density at radius 1 is 1.39 bits per heavy atom. The van der Waals surface area contributed by atoms with Crippen molar-refractivity contribution in [1.82, 2.24) is 15.5 Å². The van der Waals surface area contributed by atoms with E-state index in [4.69, 9.17) is 0 Å². The van der Waals surface area contributed by atoms with Gasteiger partial charge in [0.05, 0.1) is 0 Å². The van der Waals surface area contributed by atoms with Gasteiger partial charge in [-0.25, -0.2) is 4.79 Å². The number of urea groups is 1. The highest BCUT2D eigenvalue weighted by atomic mass is 16.2. The van der Waals surface area contributed by atoms with Crippen LogP contribution in [0.1, 0.15) is 40.0 Å². The molecule has 0 atom stereocenters. The van der Waals surface area contributed by atoms with Crippen molar-refractivity contribution in [2.75, 3.05) is 13.1 Å². The van der Waals surface area contributed by atoms with Crippen LogP contribution in [0.15, 0.2) is 0 Å². The van der Waals surface area contributed by atoms with Gasteiger partial charge in [0.1, 0.15) is 5.54 Å². The van der Waals surface area contributed by atoms with Crippen molar-refractivity contribution < 1.29 is 14.4 Å². The van der Waals surface area contributed by atoms with Crippen LogP contribution in [0.25, 0.3) is 0 Å². The van der Waals surface area contributed by atoms with Crippen molar-refractivity contribution in [3.63, 3.8) is 0 Å². The first-order valence-corrected chi connectivity index (χ1v) is 6.29. The summed E-state index contributed by atoms with van der Waals surface area (Å²) < 4.78 is 0. The Bertz CT molecular complexity index is 352. The molecule has 0 aliphatic carbocycles. The van der Waals surface area contributed by atoms with Crippen molar-refractivity contribution in [2.24, 2.45) is 0 Å². The van der Waals surface area contributed by atoms with Crippen LogP contribution < -0.4 is 10.6 Å². The number of rotatable bonds is 6. The van der Waals surface area contributed by atoms with Crippen LogP contribution in [0.4, 0.5) is 4.79 Å². The maximum absolute atomic E-state index is 11.8. The van der Waals surface area contributed by atoms with Gasteiger partial charge in [0.15, 0.2) is 0 Å². The molecule has 1 rings (SSSR count). The second-order valence-electron chi connectivity index (χ2n) is 4.97. The van der Waals surface area contributed by atoms with Gasteiger partial charge in [-0.15, -0.1) is 0 Å². The number of hydrogen-bond donors (Lipinski definition) is 2. The lowest BCUT2D eigenvalue weighted by Crippen LogP contribution is -2.40. The normalized spacial score (nSPS) is 17.8. The van der Waals surface area contributed by atoms with Gasteiger partial charge < -0.3 is 10.6 Å². The van der Waals surface area contributed by atoms with Crippen molar-refractivity contribution in [3.8, 4) is 0 Å². The van der Waals surface area contributed by atoms with Gasteiger partial charge >= 0.3 is 6.03 Å². The Morgan fingerprint density at radius 2 is 2.06 bits per heavy atom. The predicted molar refractivity (Wildman–Crippen MR) is 66.9 cm³/mol. The summed E-state index contributed by atoms with van der Waals surface area (Å²) in [5, 5.41) is 5.36. The molecule has 1 aliphatic rings. The quantitative estimate of drug-likeness (QED) is 0.683. The predicted octanol–water partition coefficient (Wildman–Crippen LogP) is 0.623. The van der Waals surface area contributed by atoms with Crippen LogP contribution in [-0.4, -0.2) is 41.4 Å². The summed E-state index contributed by atoms with van der Waals surface area (Å²) in [6.45, 7) is 6.26. The van der Waals surface area contributed by atoms with E-state index in [1.807, 2.05) is 6.92 Å². The zero-order valence-electron chi connectivity index (χ0n) is 11.2. The minimum atomic E-state index is -0.832. The number of hydrogen-bond acceptors (Lipinski definition) is 3. The Hall–Kier alpha value is -1.59. The summed E-state index contributed by atoms with van der Waals surface area (Å²) in [7, 11) is 0. The minimum absolute atomic E-state index is 0.0387. The molecule has 1 heterocycles. The molecule has 0 aromatic heterocycles. The molecule has 0 aromatic carbocycles. The van der Waals surface area contributed by atoms with Crippen LogP contribution in [0.5, 0.6) is 0 Å². The van der Waals surface area contributed by atoms with Crippen LogP contribution in [-0.2, 0) is 9.59 Å². The van der Waals surface area contributed by atoms with Gasteiger partial charge in [-0.2, -0.15) is 0 Å². The average Bonchev–Trinajstić information content (AvgIpc) is 2.48. The van der Waals surface area contributed by atoms with Gasteiger partial charge in [0.25, 0.3) is 5.91 Å². The molecule has 1 aliphatic heterocycles. The summed E-state index contributed by atoms with van der Waals surface area (Å²) >= 11 is 0. The number of carbonyl (C=O) groups is 3. The van der Waals surface area contributed by atoms with E-state index in [9.17, 15) is 14.4 Å². The maximum Gasteiger partial charge on any atom is 0.325 e. The standard InChI is InChI=1S/C12H21N3O3/c1-4-7-13-9(16)6-5-8-15-10(17)12(2,3)14-11(15)18/h4-8H2,1-3H3,(H,13,16)(H,14,18). The highest BCUT2D eigenvalue weighted by Gasteiger charge is 2.43. The van der Waals surface area contributed by atoms with E-state index in [-0.39, 0.29) is 24.4 Å². The third-order valence-electron chi connectivity index (χ3n) is 2.80. The molecular weight excluding hydrogens is 234 g/mol. The van der Waals surface area contributed by atoms with Crippen molar-refractivity contribution in [2.45, 2.75) is 45.6 Å². The Kier molecular flexibility index (Phi) is 4.69. The second kappa shape index (κ2) is 5.84. The molecule has 4 amide bonds. The van der Waals surface area contributed by atoms with E-state index in [2.05, 4.69) is 10.6 Å². The molecule has 6 heteroatoms. The summed E-state index contributed by atoms with van der Waals surface area (Å²) in [5.74, 6) is -0.273. The Labute approximate surface area is 107 Å². The molecule has 0 unspecified atom stereocenters. The maximum atomic E-state index is 11.8. The van der Waals surface area contributed by atoms with Gasteiger partial charge in [0.2, 0.25) is 5.91 Å². The zero-order valence-corrected chi connectivity index (χ0v) is 11.2. The van der Waals surface area contributed by atoms with Gasteiger partial charge in [0, 0.05) is 19.5 Å². The molecule has 2 N–H and O–H groups in total. The number of nitrogens with zero attached hydrogens (tertiary/aromatic N) is 1. The van der Waals surface area contributed by atoms with Crippen molar-refractivity contribution >= 4 is 17.8 Å². The number of amides is 4. The zero-order chi connectivity index (χ0) is 13.8. The Balaban J connectivity index is 2.34. The molecule has 0 bridgehead atoms. The molecule has 0 saturated carbocycles. The van der Waals surface area contributed by atoms with E-state index < -0.39 is 5.54 Å². The first kappa shape index (κ1) is 14.5. The average molecular weight is 255 g/mol. The molecule has 102 valence electrons. The number of carbonyl (C=O) groups excluding carboxylic acids is 3. The van der Waals surface area contributed by atoms with Crippen LogP contribution in [0, 0.1) is 0 Å². The van der Waals surface area contributed by atoms with E-state index in [0.717, 1.165) is 6.42 Å². The van der Waals surface area contributed by atoms with Crippen molar-refractivity contribution in [3.05, 3.63) is 0 Å². The smallest absolute Gasteiger partial charge is 0.325 e. The molecule has 0 spiro atoms. The van der Waals surface area contributed by atoms with Crippen molar-refractivity contribution in [1.29, 1.82) is 0 Å². The molecule has 0 aromatic rings. The van der Waals surface area contributed by atoms with E-state index in [1.165, 1.54) is 4.90 Å². The van der Waals surface area contributed by atoms with E-state index >= 15 is 0 Å². The lowest BCUT2D eigenvalue weighted by atomic mass is 10.1. The Morgan fingerprint density at radius 3 is 2.56 bits per heavy atom. The molecular formula is C12H21N3O3. The lowest BCUT2D eigenvalue weighted by Gasteiger charge is -2.15. The summed E-state index contributed by atoms with van der Waals surface area (Å²) in [5.41, 5.74) is -0.832. The lowest BCUT2D eigenvalue weighted by molar-refractivity contribution is -0.130. The van der Waals surface area contributed by atoms with Crippen LogP contribution in [0.3, 0.4) is 0 Å². The SMILES string of the molecule is CCCNC(=O)CCCN1C(=O)NC(C)(C)C1=O. The van der Waals surface area contributed by atoms with Crippen LogP contribution >= 0.6 is 0 Å². The number of nitrogens with one attached hydrogen (secondary N) is 2. The molecule has 1 saturated heterocycles. The van der Waals surface area contributed by atoms with Gasteiger partial charge in [-0.3, -0.25) is 14.5 Å². The van der Waals surface area contributed by atoms with E-state index in [0.29, 0.717) is 19.4 Å². The molecule has 1 fully saturated rings. The first-order chi connectivity index (χ1) is 8.38. The molecule has 6 nitrogen and oxygen atoms in total. The summed E-state index contributed by atoms with van der Waals surface area (Å²) in [4.78, 5) is 35.9. The highest BCUT2D eigenvalue weighted by molar-refractivity contribution is 6.06. The first-order valence-electron chi connectivity index (χ1n) is 6.29. The molecule has 18 heavy (non-hydrogen) atoms. The van der Waals surface area contributed by atoms with Gasteiger partial charge in [-0.1, -0.05) is 6.92 Å². The largest absolute Gasteiger partial charge is 0.356 e. The summed E-state index contributed by atoms with van der Waals surface area (Å²) in [6, 6.07) is -0.376. The fourth-order valence-corrected chi connectivity index (χ4v) is 1.77. The molecule has 0 radical (unpaired) electrons. The monoisotopic (exact) mass is 255 g/mol. The third-order valence-corrected chi connectivity index (χ3v) is 2.80. The minimum Gasteiger partial charge on any atom is -0.356 e.